The Morgan fingerprint density at radius 3 is 2.83 bits per heavy atom. The van der Waals surface area contributed by atoms with Gasteiger partial charge in [0.15, 0.2) is 0 Å². The van der Waals surface area contributed by atoms with E-state index in [4.69, 9.17) is 5.11 Å². The zero-order chi connectivity index (χ0) is 9.14. The average Bonchev–Trinajstić information content (AvgIpc) is 2.03. The van der Waals surface area contributed by atoms with E-state index in [0.29, 0.717) is 0 Å². The molecule has 2 nitrogen and oxygen atoms in total. The van der Waals surface area contributed by atoms with Gasteiger partial charge in [-0.15, -0.1) is 0 Å². The lowest BCUT2D eigenvalue weighted by molar-refractivity contribution is 0.0741. The van der Waals surface area contributed by atoms with E-state index in [1.807, 2.05) is 19.9 Å². The fraction of sp³-hybridized carbons (Fsp3) is 0.800. The summed E-state index contributed by atoms with van der Waals surface area (Å²) in [6, 6.07) is 0. The summed E-state index contributed by atoms with van der Waals surface area (Å²) in [4.78, 5) is 0. The maximum Gasteiger partial charge on any atom is 0.0755 e. The molecule has 1 aliphatic carbocycles. The Labute approximate surface area is 73.9 Å². The Hall–Kier alpha value is -0.340. The highest BCUT2D eigenvalue weighted by atomic mass is 16.3. The summed E-state index contributed by atoms with van der Waals surface area (Å²) in [6.45, 7) is 4.21. The normalized spacial score (nSPS) is 32.8. The van der Waals surface area contributed by atoms with Crippen molar-refractivity contribution in [2.75, 3.05) is 6.61 Å². The molecule has 0 spiro atoms. The first-order chi connectivity index (χ1) is 5.65. The van der Waals surface area contributed by atoms with Gasteiger partial charge in [-0.05, 0) is 31.6 Å². The molecule has 0 heterocycles. The molecule has 3 atom stereocenters. The topological polar surface area (TPSA) is 40.5 Å². The molecule has 0 radical (unpaired) electrons. The second kappa shape index (κ2) is 4.06. The molecule has 0 fully saturated rings. The highest BCUT2D eigenvalue weighted by Gasteiger charge is 2.26. The van der Waals surface area contributed by atoms with Crippen LogP contribution in [0.5, 0.6) is 0 Å². The van der Waals surface area contributed by atoms with Crippen molar-refractivity contribution in [3.63, 3.8) is 0 Å². The van der Waals surface area contributed by atoms with Crippen molar-refractivity contribution >= 4 is 0 Å². The van der Waals surface area contributed by atoms with Crippen LogP contribution in [0.3, 0.4) is 0 Å². The molecule has 1 aliphatic rings. The lowest BCUT2D eigenvalue weighted by Gasteiger charge is -2.29. The van der Waals surface area contributed by atoms with Crippen LogP contribution in [0.4, 0.5) is 0 Å². The first kappa shape index (κ1) is 9.75. The molecule has 0 aromatic carbocycles. The van der Waals surface area contributed by atoms with Crippen LogP contribution < -0.4 is 0 Å². The quantitative estimate of drug-likeness (QED) is 0.614. The van der Waals surface area contributed by atoms with Crippen molar-refractivity contribution in [1.82, 2.24) is 0 Å². The molecular formula is C10H18O2. The molecule has 1 unspecified atom stereocenters. The molecule has 2 heteroatoms. The van der Waals surface area contributed by atoms with Gasteiger partial charge in [-0.1, -0.05) is 18.6 Å². The van der Waals surface area contributed by atoms with Crippen molar-refractivity contribution in [1.29, 1.82) is 0 Å². The Kier molecular flexibility index (Phi) is 3.29. The average molecular weight is 170 g/mol. The highest BCUT2D eigenvalue weighted by molar-refractivity contribution is 5.08. The Morgan fingerprint density at radius 2 is 2.33 bits per heavy atom. The maximum absolute atomic E-state index is 9.65. The van der Waals surface area contributed by atoms with Crippen LogP contribution in [0, 0.1) is 11.8 Å². The monoisotopic (exact) mass is 170 g/mol. The van der Waals surface area contributed by atoms with Gasteiger partial charge < -0.3 is 10.2 Å². The lowest BCUT2D eigenvalue weighted by atomic mass is 9.80. The van der Waals surface area contributed by atoms with Crippen LogP contribution in [0.2, 0.25) is 0 Å². The molecule has 0 aromatic heterocycles. The van der Waals surface area contributed by atoms with Crippen LogP contribution >= 0.6 is 0 Å². The van der Waals surface area contributed by atoms with Crippen molar-refractivity contribution in [3.05, 3.63) is 11.6 Å². The number of hydrogen-bond acceptors (Lipinski definition) is 2. The van der Waals surface area contributed by atoms with Crippen LogP contribution in [0.1, 0.15) is 26.7 Å². The van der Waals surface area contributed by atoms with E-state index < -0.39 is 0 Å². The fourth-order valence-corrected chi connectivity index (χ4v) is 1.82. The zero-order valence-electron chi connectivity index (χ0n) is 7.83. The van der Waals surface area contributed by atoms with Gasteiger partial charge in [0, 0.05) is 6.61 Å². The molecule has 2 N–H and O–H groups in total. The number of allylic oxidation sites excluding steroid dienone is 1. The molecule has 0 saturated heterocycles. The lowest BCUT2D eigenvalue weighted by Crippen LogP contribution is -2.29. The molecular weight excluding hydrogens is 152 g/mol. The third kappa shape index (κ3) is 2.08. The Bertz CT molecular complexity index is 175. The van der Waals surface area contributed by atoms with Gasteiger partial charge in [-0.2, -0.15) is 0 Å². The van der Waals surface area contributed by atoms with Crippen molar-refractivity contribution < 1.29 is 10.2 Å². The second-order valence-corrected chi connectivity index (χ2v) is 3.87. The van der Waals surface area contributed by atoms with Crippen LogP contribution in [-0.4, -0.2) is 22.9 Å². The molecule has 0 aliphatic heterocycles. The molecule has 70 valence electrons. The summed E-state index contributed by atoms with van der Waals surface area (Å²) in [5.74, 6) is 0.461. The van der Waals surface area contributed by atoms with Crippen molar-refractivity contribution in [2.45, 2.75) is 32.8 Å². The van der Waals surface area contributed by atoms with E-state index in [1.165, 1.54) is 5.57 Å². The molecule has 0 saturated carbocycles. The summed E-state index contributed by atoms with van der Waals surface area (Å²) >= 11 is 0. The predicted octanol–water partition coefficient (Wildman–Crippen LogP) is 1.33. The smallest absolute Gasteiger partial charge is 0.0755 e. The van der Waals surface area contributed by atoms with Gasteiger partial charge in [0.1, 0.15) is 0 Å². The maximum atomic E-state index is 9.65. The highest BCUT2D eigenvalue weighted by Crippen LogP contribution is 2.29. The van der Waals surface area contributed by atoms with E-state index in [1.54, 1.807) is 0 Å². The van der Waals surface area contributed by atoms with Crippen molar-refractivity contribution in [2.24, 2.45) is 11.8 Å². The first-order valence-corrected chi connectivity index (χ1v) is 4.61. The Balaban J connectivity index is 2.58. The summed E-state index contributed by atoms with van der Waals surface area (Å²) in [5, 5.41) is 18.6. The molecule has 0 amide bonds. The van der Waals surface area contributed by atoms with Crippen molar-refractivity contribution in [3.8, 4) is 0 Å². The third-order valence-corrected chi connectivity index (χ3v) is 2.78. The van der Waals surface area contributed by atoms with E-state index in [2.05, 4.69) is 0 Å². The summed E-state index contributed by atoms with van der Waals surface area (Å²) in [7, 11) is 0. The van der Waals surface area contributed by atoms with E-state index in [0.717, 1.165) is 12.8 Å². The third-order valence-electron chi connectivity index (χ3n) is 2.78. The first-order valence-electron chi connectivity index (χ1n) is 4.61. The van der Waals surface area contributed by atoms with Gasteiger partial charge >= 0.3 is 0 Å². The van der Waals surface area contributed by atoms with Gasteiger partial charge in [-0.25, -0.2) is 0 Å². The summed E-state index contributed by atoms with van der Waals surface area (Å²) in [6.07, 6.45) is 3.64. The molecule has 0 bridgehead atoms. The van der Waals surface area contributed by atoms with E-state index in [-0.39, 0.29) is 24.5 Å². The zero-order valence-corrected chi connectivity index (χ0v) is 7.83. The van der Waals surface area contributed by atoms with Gasteiger partial charge in [0.05, 0.1) is 6.10 Å². The van der Waals surface area contributed by atoms with E-state index >= 15 is 0 Å². The largest absolute Gasteiger partial charge is 0.396 e. The number of aliphatic hydroxyl groups is 2. The van der Waals surface area contributed by atoms with Gasteiger partial charge in [-0.3, -0.25) is 0 Å². The Morgan fingerprint density at radius 1 is 1.67 bits per heavy atom. The van der Waals surface area contributed by atoms with E-state index in [9.17, 15) is 5.11 Å². The minimum Gasteiger partial charge on any atom is -0.396 e. The predicted molar refractivity (Wildman–Crippen MR) is 48.7 cm³/mol. The fourth-order valence-electron chi connectivity index (χ4n) is 1.82. The van der Waals surface area contributed by atoms with Gasteiger partial charge in [0.25, 0.3) is 0 Å². The van der Waals surface area contributed by atoms with Crippen LogP contribution in [-0.2, 0) is 0 Å². The molecule has 12 heavy (non-hydrogen) atoms. The summed E-state index contributed by atoms with van der Waals surface area (Å²) < 4.78 is 0. The number of aliphatic hydroxyl groups excluding tert-OH is 2. The number of hydrogen-bond donors (Lipinski definition) is 2. The second-order valence-electron chi connectivity index (χ2n) is 3.87. The van der Waals surface area contributed by atoms with Crippen LogP contribution in [0.25, 0.3) is 0 Å². The minimum absolute atomic E-state index is 0.175. The van der Waals surface area contributed by atoms with Crippen LogP contribution in [0.15, 0.2) is 11.6 Å². The standard InChI is InChI=1S/C10H18O2/c1-7-3-4-9(8(2)6-11)10(12)5-7/h5,8-12H,3-4,6H2,1-2H3/t8-,9?,10+/m0/s1. The molecule has 1 rings (SSSR count). The summed E-state index contributed by atoms with van der Waals surface area (Å²) in [5.41, 5.74) is 1.27. The SMILES string of the molecule is CC1=C[C@@H](O)C([C@@H](C)CO)CC1. The van der Waals surface area contributed by atoms with Gasteiger partial charge in [0.2, 0.25) is 0 Å². The molecule has 0 aromatic rings. The number of rotatable bonds is 2. The minimum atomic E-state index is -0.346.